The highest BCUT2D eigenvalue weighted by molar-refractivity contribution is 5.79. The molecule has 0 aliphatic rings. The van der Waals surface area contributed by atoms with Crippen LogP contribution in [-0.4, -0.2) is 18.1 Å². The molecule has 0 radical (unpaired) electrons. The number of anilines is 2. The number of carboxylic acids is 1. The summed E-state index contributed by atoms with van der Waals surface area (Å²) in [5, 5.41) is 11.4. The summed E-state index contributed by atoms with van der Waals surface area (Å²) in [7, 11) is 1.80. The number of hydrogen-bond donors (Lipinski definition) is 3. The summed E-state index contributed by atoms with van der Waals surface area (Å²) in [5.74, 6) is -0.935. The monoisotopic (exact) mass is 206 g/mol. The molecule has 80 valence electrons. The second-order valence-corrected chi connectivity index (χ2v) is 3.12. The van der Waals surface area contributed by atoms with Gasteiger partial charge in [-0.3, -0.25) is 0 Å². The molecule has 0 atom stereocenters. The van der Waals surface area contributed by atoms with Gasteiger partial charge in [-0.15, -0.1) is 0 Å². The number of nitrogen functional groups attached to an aromatic ring is 1. The topological polar surface area (TPSA) is 75.3 Å². The van der Waals surface area contributed by atoms with Crippen LogP contribution in [0.3, 0.4) is 0 Å². The molecule has 0 saturated carbocycles. The maximum atomic E-state index is 10.2. The first-order valence-corrected chi connectivity index (χ1v) is 4.59. The highest BCUT2D eigenvalue weighted by Crippen LogP contribution is 2.19. The van der Waals surface area contributed by atoms with Crippen LogP contribution in [0.25, 0.3) is 0 Å². The second-order valence-electron chi connectivity index (χ2n) is 3.12. The highest BCUT2D eigenvalue weighted by atomic mass is 16.4. The Labute approximate surface area is 88.4 Å². The molecule has 1 rings (SSSR count). The lowest BCUT2D eigenvalue weighted by atomic mass is 10.1. The molecule has 0 aliphatic carbocycles. The third-order valence-electron chi connectivity index (χ3n) is 2.00. The number of nitrogens with one attached hydrogen (secondary N) is 1. The molecule has 0 amide bonds. The summed E-state index contributed by atoms with van der Waals surface area (Å²) in [6.07, 6.45) is 3.29. The fraction of sp³-hybridized carbons (Fsp3) is 0.182. The first kappa shape index (κ1) is 11.1. The number of nitrogens with two attached hydrogens (primary N) is 1. The lowest BCUT2D eigenvalue weighted by Gasteiger charge is -2.05. The van der Waals surface area contributed by atoms with Gasteiger partial charge in [0, 0.05) is 13.1 Å². The minimum Gasteiger partial charge on any atom is -0.478 e. The minimum atomic E-state index is -0.935. The first-order chi connectivity index (χ1) is 7.13. The smallest absolute Gasteiger partial charge is 0.327 e. The van der Waals surface area contributed by atoms with Crippen molar-refractivity contribution in [1.29, 1.82) is 0 Å². The Kier molecular flexibility index (Phi) is 3.74. The van der Waals surface area contributed by atoms with Crippen LogP contribution in [0.15, 0.2) is 30.4 Å². The van der Waals surface area contributed by atoms with E-state index < -0.39 is 5.97 Å². The van der Waals surface area contributed by atoms with Crippen molar-refractivity contribution in [1.82, 2.24) is 0 Å². The molecular weight excluding hydrogens is 192 g/mol. The van der Waals surface area contributed by atoms with Gasteiger partial charge in [-0.2, -0.15) is 0 Å². The van der Waals surface area contributed by atoms with Crippen molar-refractivity contribution in [3.8, 4) is 0 Å². The molecule has 15 heavy (non-hydrogen) atoms. The molecule has 1 aromatic carbocycles. The maximum absolute atomic E-state index is 10.2. The van der Waals surface area contributed by atoms with Gasteiger partial charge < -0.3 is 16.2 Å². The Morgan fingerprint density at radius 1 is 1.60 bits per heavy atom. The minimum absolute atomic E-state index is 0.570. The highest BCUT2D eigenvalue weighted by Gasteiger charge is 1.97. The second kappa shape index (κ2) is 5.05. The fourth-order valence-corrected chi connectivity index (χ4v) is 1.26. The Morgan fingerprint density at radius 3 is 2.87 bits per heavy atom. The molecule has 0 fully saturated rings. The summed E-state index contributed by atoms with van der Waals surface area (Å²) in [4.78, 5) is 10.2. The molecule has 0 aliphatic heterocycles. The van der Waals surface area contributed by atoms with E-state index in [9.17, 15) is 4.79 Å². The number of carbonyl (C=O) groups is 1. The molecular formula is C11H14N2O2. The van der Waals surface area contributed by atoms with Gasteiger partial charge >= 0.3 is 5.97 Å². The standard InChI is InChI=1S/C11H14N2O2/c1-13-10-6-5-8(7-9(10)12)3-2-4-11(14)15/h2,4-7,13H,3,12H2,1H3,(H,14,15)/b4-2+. The maximum Gasteiger partial charge on any atom is 0.327 e. The summed E-state index contributed by atoms with van der Waals surface area (Å²) >= 11 is 0. The molecule has 0 saturated heterocycles. The van der Waals surface area contributed by atoms with E-state index in [1.54, 1.807) is 13.1 Å². The van der Waals surface area contributed by atoms with E-state index in [2.05, 4.69) is 5.32 Å². The molecule has 4 nitrogen and oxygen atoms in total. The van der Waals surface area contributed by atoms with E-state index in [-0.39, 0.29) is 0 Å². The van der Waals surface area contributed by atoms with E-state index >= 15 is 0 Å². The van der Waals surface area contributed by atoms with Crippen molar-refractivity contribution in [2.75, 3.05) is 18.1 Å². The molecule has 0 heterocycles. The van der Waals surface area contributed by atoms with Gasteiger partial charge in [0.05, 0.1) is 11.4 Å². The first-order valence-electron chi connectivity index (χ1n) is 4.59. The van der Waals surface area contributed by atoms with Gasteiger partial charge in [-0.1, -0.05) is 12.1 Å². The lowest BCUT2D eigenvalue weighted by Crippen LogP contribution is -1.96. The normalized spacial score (nSPS) is 10.5. The van der Waals surface area contributed by atoms with E-state index in [1.807, 2.05) is 18.2 Å². The van der Waals surface area contributed by atoms with Crippen LogP contribution < -0.4 is 11.1 Å². The Balaban J connectivity index is 2.71. The van der Waals surface area contributed by atoms with Crippen molar-refractivity contribution < 1.29 is 9.90 Å². The van der Waals surface area contributed by atoms with Crippen molar-refractivity contribution in [2.24, 2.45) is 0 Å². The molecule has 0 spiro atoms. The van der Waals surface area contributed by atoms with E-state index in [4.69, 9.17) is 10.8 Å². The third-order valence-corrected chi connectivity index (χ3v) is 2.00. The van der Waals surface area contributed by atoms with Crippen LogP contribution in [0.4, 0.5) is 11.4 Å². The molecule has 0 unspecified atom stereocenters. The van der Waals surface area contributed by atoms with Crippen LogP contribution in [0.5, 0.6) is 0 Å². The van der Waals surface area contributed by atoms with Crippen molar-refractivity contribution in [3.63, 3.8) is 0 Å². The molecule has 4 N–H and O–H groups in total. The number of rotatable bonds is 4. The van der Waals surface area contributed by atoms with Gasteiger partial charge in [0.1, 0.15) is 0 Å². The fourth-order valence-electron chi connectivity index (χ4n) is 1.26. The number of benzene rings is 1. The van der Waals surface area contributed by atoms with Crippen LogP contribution in [0.2, 0.25) is 0 Å². The Morgan fingerprint density at radius 2 is 2.33 bits per heavy atom. The SMILES string of the molecule is CNc1ccc(C/C=C/C(=O)O)cc1N. The van der Waals surface area contributed by atoms with Gasteiger partial charge in [0.15, 0.2) is 0 Å². The summed E-state index contributed by atoms with van der Waals surface area (Å²) in [5.41, 5.74) is 8.29. The van der Waals surface area contributed by atoms with Crippen LogP contribution >= 0.6 is 0 Å². The van der Waals surface area contributed by atoms with Crippen molar-refractivity contribution in [2.45, 2.75) is 6.42 Å². The zero-order valence-electron chi connectivity index (χ0n) is 8.53. The lowest BCUT2D eigenvalue weighted by molar-refractivity contribution is -0.131. The number of aliphatic carboxylic acids is 1. The summed E-state index contributed by atoms with van der Waals surface area (Å²) in [6.45, 7) is 0. The van der Waals surface area contributed by atoms with Crippen LogP contribution in [0.1, 0.15) is 5.56 Å². The van der Waals surface area contributed by atoms with E-state index in [1.165, 1.54) is 0 Å². The van der Waals surface area contributed by atoms with Crippen molar-refractivity contribution in [3.05, 3.63) is 35.9 Å². The average Bonchev–Trinajstić information content (AvgIpc) is 2.17. The molecule has 0 aromatic heterocycles. The predicted octanol–water partition coefficient (Wildman–Crippen LogP) is 1.49. The zero-order chi connectivity index (χ0) is 11.3. The van der Waals surface area contributed by atoms with Gasteiger partial charge in [-0.25, -0.2) is 4.79 Å². The molecule has 4 heteroatoms. The number of carboxylic acid groups (broad SMARTS) is 1. The van der Waals surface area contributed by atoms with Gasteiger partial charge in [-0.05, 0) is 24.1 Å². The Bertz CT molecular complexity index is 386. The Hall–Kier alpha value is -1.97. The third kappa shape index (κ3) is 3.34. The molecule has 0 bridgehead atoms. The summed E-state index contributed by atoms with van der Waals surface area (Å²) < 4.78 is 0. The van der Waals surface area contributed by atoms with E-state index in [0.29, 0.717) is 12.1 Å². The zero-order valence-corrected chi connectivity index (χ0v) is 8.53. The van der Waals surface area contributed by atoms with Crippen LogP contribution in [0, 0.1) is 0 Å². The average molecular weight is 206 g/mol. The van der Waals surface area contributed by atoms with Crippen molar-refractivity contribution >= 4 is 17.3 Å². The van der Waals surface area contributed by atoms with Crippen LogP contribution in [-0.2, 0) is 11.2 Å². The number of allylic oxidation sites excluding steroid dienone is 1. The summed E-state index contributed by atoms with van der Waals surface area (Å²) in [6, 6.07) is 5.62. The quantitative estimate of drug-likeness (QED) is 0.515. The van der Waals surface area contributed by atoms with E-state index in [0.717, 1.165) is 17.3 Å². The van der Waals surface area contributed by atoms with Gasteiger partial charge in [0.2, 0.25) is 0 Å². The largest absolute Gasteiger partial charge is 0.478 e. The predicted molar refractivity (Wildman–Crippen MR) is 60.9 cm³/mol. The van der Waals surface area contributed by atoms with Gasteiger partial charge in [0.25, 0.3) is 0 Å². The molecule has 1 aromatic rings. The number of hydrogen-bond acceptors (Lipinski definition) is 3.